The molecule has 0 radical (unpaired) electrons. The molecular weight excluding hydrogens is 352 g/mol. The fourth-order valence-corrected chi connectivity index (χ4v) is 2.84. The maximum atomic E-state index is 12.2. The summed E-state index contributed by atoms with van der Waals surface area (Å²) in [5.74, 6) is -0.320. The number of carbonyl (C=O) groups is 1. The molecule has 0 aliphatic carbocycles. The van der Waals surface area contributed by atoms with Crippen molar-refractivity contribution in [2.45, 2.75) is 19.9 Å². The van der Waals surface area contributed by atoms with Crippen LogP contribution in [0.5, 0.6) is 0 Å². The van der Waals surface area contributed by atoms with Crippen molar-refractivity contribution in [3.63, 3.8) is 0 Å². The van der Waals surface area contributed by atoms with Gasteiger partial charge in [0.1, 0.15) is 6.04 Å². The Morgan fingerprint density at radius 2 is 2.10 bits per heavy atom. The number of nitrogens with zero attached hydrogens (tertiary/aromatic N) is 1. The number of halogens is 1. The van der Waals surface area contributed by atoms with Crippen LogP contribution in [0.4, 0.5) is 0 Å². The lowest BCUT2D eigenvalue weighted by atomic mass is 9.97. The van der Waals surface area contributed by atoms with Crippen LogP contribution in [-0.2, 0) is 9.53 Å². The molecule has 0 fully saturated rings. The zero-order valence-electron chi connectivity index (χ0n) is 12.1. The molecule has 1 N–H and O–H groups in total. The highest BCUT2D eigenvalue weighted by molar-refractivity contribution is 9.10. The van der Waals surface area contributed by atoms with Crippen molar-refractivity contribution in [3.8, 4) is 0 Å². The molecule has 1 atom stereocenters. The highest BCUT2D eigenvalue weighted by atomic mass is 79.9. The summed E-state index contributed by atoms with van der Waals surface area (Å²) in [6.45, 7) is 4.03. The average molecular weight is 369 g/mol. The van der Waals surface area contributed by atoms with Crippen LogP contribution in [0.3, 0.4) is 0 Å². The fraction of sp³-hybridized carbons (Fsp3) is 0.333. The molecule has 2 rings (SSSR count). The quantitative estimate of drug-likeness (QED) is 0.827. The minimum absolute atomic E-state index is 0.320. The second kappa shape index (κ2) is 7.13. The second-order valence-corrected chi connectivity index (χ2v) is 6.19. The summed E-state index contributed by atoms with van der Waals surface area (Å²) in [5, 5.41) is 3.95. The number of thioether (sulfide) groups is 1. The topological polar surface area (TPSA) is 50.7 Å². The number of benzene rings is 1. The summed E-state index contributed by atoms with van der Waals surface area (Å²) in [5.41, 5.74) is 2.33. The van der Waals surface area contributed by atoms with Gasteiger partial charge in [0, 0.05) is 10.2 Å². The first-order valence-electron chi connectivity index (χ1n) is 6.59. The summed E-state index contributed by atoms with van der Waals surface area (Å²) >= 11 is 4.94. The molecule has 0 saturated carbocycles. The molecule has 4 nitrogen and oxygen atoms in total. The molecule has 112 valence electrons. The summed E-state index contributed by atoms with van der Waals surface area (Å²) in [6, 6.07) is 7.50. The maximum Gasteiger partial charge on any atom is 0.338 e. The van der Waals surface area contributed by atoms with E-state index in [0.29, 0.717) is 12.2 Å². The third-order valence-electron chi connectivity index (χ3n) is 3.09. The monoisotopic (exact) mass is 368 g/mol. The second-order valence-electron chi connectivity index (χ2n) is 4.48. The minimum Gasteiger partial charge on any atom is -0.463 e. The minimum atomic E-state index is -0.333. The van der Waals surface area contributed by atoms with Crippen molar-refractivity contribution in [1.29, 1.82) is 0 Å². The van der Waals surface area contributed by atoms with Crippen LogP contribution in [0.2, 0.25) is 0 Å². The molecule has 1 heterocycles. The van der Waals surface area contributed by atoms with E-state index >= 15 is 0 Å². The van der Waals surface area contributed by atoms with Crippen molar-refractivity contribution < 1.29 is 9.53 Å². The summed E-state index contributed by atoms with van der Waals surface area (Å²) in [7, 11) is 0. The molecule has 1 aliphatic heterocycles. The zero-order chi connectivity index (χ0) is 15.4. The van der Waals surface area contributed by atoms with Gasteiger partial charge in [-0.05, 0) is 37.8 Å². The summed E-state index contributed by atoms with van der Waals surface area (Å²) in [4.78, 5) is 16.9. The molecule has 6 heteroatoms. The van der Waals surface area contributed by atoms with E-state index in [-0.39, 0.29) is 12.0 Å². The van der Waals surface area contributed by atoms with Crippen LogP contribution in [0, 0.1) is 0 Å². The molecule has 1 aromatic rings. The van der Waals surface area contributed by atoms with Crippen molar-refractivity contribution >= 4 is 38.8 Å². The van der Waals surface area contributed by atoms with Crippen LogP contribution in [0.25, 0.3) is 0 Å². The highest BCUT2D eigenvalue weighted by Crippen LogP contribution is 2.33. The van der Waals surface area contributed by atoms with Crippen molar-refractivity contribution in [2.75, 3.05) is 12.9 Å². The Kier molecular flexibility index (Phi) is 5.47. The Morgan fingerprint density at radius 1 is 1.43 bits per heavy atom. The number of esters is 1. The molecule has 0 aromatic heterocycles. The van der Waals surface area contributed by atoms with E-state index in [9.17, 15) is 4.79 Å². The average Bonchev–Trinajstić information content (AvgIpc) is 2.47. The van der Waals surface area contributed by atoms with E-state index < -0.39 is 0 Å². The summed E-state index contributed by atoms with van der Waals surface area (Å²) in [6.07, 6.45) is 1.95. The third-order valence-corrected chi connectivity index (χ3v) is 4.22. The van der Waals surface area contributed by atoms with Gasteiger partial charge in [0.15, 0.2) is 5.17 Å². The van der Waals surface area contributed by atoms with E-state index in [1.54, 1.807) is 6.92 Å². The van der Waals surface area contributed by atoms with E-state index in [1.165, 1.54) is 11.8 Å². The molecule has 0 amide bonds. The third kappa shape index (κ3) is 3.68. The molecule has 0 saturated heterocycles. The molecule has 0 bridgehead atoms. The van der Waals surface area contributed by atoms with Crippen LogP contribution < -0.4 is 5.32 Å². The van der Waals surface area contributed by atoms with Gasteiger partial charge in [-0.3, -0.25) is 0 Å². The number of carbonyl (C=O) groups excluding carboxylic acids is 1. The summed E-state index contributed by atoms with van der Waals surface area (Å²) < 4.78 is 6.17. The predicted molar refractivity (Wildman–Crippen MR) is 90.3 cm³/mol. The first-order valence-corrected chi connectivity index (χ1v) is 8.60. The standard InChI is InChI=1S/C15H17BrN2O2S/c1-4-20-14(19)12-9(2)17-15(21-3)18-13(12)10-5-7-11(16)8-6-10/h5-8,13H,4H2,1-3H3,(H,17,18)/t13-/m0/s1. The lowest BCUT2D eigenvalue weighted by molar-refractivity contribution is -0.138. The number of hydrogen-bond acceptors (Lipinski definition) is 5. The molecule has 1 aliphatic rings. The van der Waals surface area contributed by atoms with Crippen molar-refractivity contribution in [2.24, 2.45) is 4.99 Å². The number of amidine groups is 1. The normalized spacial score (nSPS) is 18.1. The van der Waals surface area contributed by atoms with Gasteiger partial charge in [-0.15, -0.1) is 0 Å². The van der Waals surface area contributed by atoms with Crippen LogP contribution in [-0.4, -0.2) is 24.0 Å². The maximum absolute atomic E-state index is 12.2. The van der Waals surface area contributed by atoms with Crippen LogP contribution in [0.15, 0.2) is 45.0 Å². The number of allylic oxidation sites excluding steroid dienone is 1. The van der Waals surface area contributed by atoms with Crippen LogP contribution in [0.1, 0.15) is 25.5 Å². The number of hydrogen-bond donors (Lipinski definition) is 1. The Bertz CT molecular complexity index is 596. The van der Waals surface area contributed by atoms with Crippen molar-refractivity contribution in [1.82, 2.24) is 5.32 Å². The van der Waals surface area contributed by atoms with Gasteiger partial charge in [0.2, 0.25) is 0 Å². The largest absolute Gasteiger partial charge is 0.463 e. The first kappa shape index (κ1) is 16.1. The lowest BCUT2D eigenvalue weighted by Crippen LogP contribution is -2.30. The first-order chi connectivity index (χ1) is 10.1. The van der Waals surface area contributed by atoms with Gasteiger partial charge < -0.3 is 10.1 Å². The molecule has 0 spiro atoms. The van der Waals surface area contributed by atoms with Gasteiger partial charge in [-0.2, -0.15) is 0 Å². The predicted octanol–water partition coefficient (Wildman–Crippen LogP) is 3.65. The fourth-order valence-electron chi connectivity index (χ4n) is 2.11. The molecular formula is C15H17BrN2O2S. The van der Waals surface area contributed by atoms with Gasteiger partial charge >= 0.3 is 5.97 Å². The number of rotatable bonds is 3. The van der Waals surface area contributed by atoms with Gasteiger partial charge in [0.25, 0.3) is 0 Å². The number of aliphatic imine (C=N–C) groups is 1. The molecule has 1 aromatic carbocycles. The Morgan fingerprint density at radius 3 is 2.67 bits per heavy atom. The van der Waals surface area contributed by atoms with Crippen molar-refractivity contribution in [3.05, 3.63) is 45.6 Å². The smallest absolute Gasteiger partial charge is 0.338 e. The Balaban J connectivity index is 2.44. The zero-order valence-corrected chi connectivity index (χ0v) is 14.5. The number of nitrogens with one attached hydrogen (secondary N) is 1. The highest BCUT2D eigenvalue weighted by Gasteiger charge is 2.29. The number of ether oxygens (including phenoxy) is 1. The Labute approximate surface area is 137 Å². The van der Waals surface area contributed by atoms with E-state index in [2.05, 4.69) is 26.2 Å². The van der Waals surface area contributed by atoms with E-state index in [0.717, 1.165) is 20.9 Å². The SMILES string of the molecule is CCOC(=O)C1=C(C)NC(SC)=N[C@H]1c1ccc(Br)cc1. The van der Waals surface area contributed by atoms with E-state index in [1.807, 2.05) is 37.4 Å². The van der Waals surface area contributed by atoms with Gasteiger partial charge in [-0.1, -0.05) is 39.8 Å². The molecule has 21 heavy (non-hydrogen) atoms. The van der Waals surface area contributed by atoms with Crippen LogP contribution >= 0.6 is 27.7 Å². The van der Waals surface area contributed by atoms with Gasteiger partial charge in [-0.25, -0.2) is 9.79 Å². The van der Waals surface area contributed by atoms with Gasteiger partial charge in [0.05, 0.1) is 12.2 Å². The lowest BCUT2D eigenvalue weighted by Gasteiger charge is -2.25. The molecule has 0 unspecified atom stereocenters. The Hall–Kier alpha value is -1.27. The van der Waals surface area contributed by atoms with E-state index in [4.69, 9.17) is 4.74 Å².